The predicted molar refractivity (Wildman–Crippen MR) is 38.0 cm³/mol. The molecule has 0 unspecified atom stereocenters. The molecule has 0 aliphatic rings. The quantitative estimate of drug-likeness (QED) is 0.685. The van der Waals surface area contributed by atoms with Crippen LogP contribution in [0.25, 0.3) is 0 Å². The van der Waals surface area contributed by atoms with Crippen LogP contribution in [-0.4, -0.2) is 23.8 Å². The van der Waals surface area contributed by atoms with Crippen LogP contribution in [0.2, 0.25) is 0 Å². The Kier molecular flexibility index (Phi) is 3.07. The topological polar surface area (TPSA) is 55.5 Å². The molecule has 0 amide bonds. The second-order valence-electron chi connectivity index (χ2n) is 2.13. The summed E-state index contributed by atoms with van der Waals surface area (Å²) in [5, 5.41) is 8.62. The average Bonchev–Trinajstić information content (AvgIpc) is 2.48. The Morgan fingerprint density at radius 1 is 1.73 bits per heavy atom. The Morgan fingerprint density at radius 2 is 2.55 bits per heavy atom. The lowest BCUT2D eigenvalue weighted by molar-refractivity contribution is 0.195. The second-order valence-corrected chi connectivity index (χ2v) is 2.13. The third kappa shape index (κ3) is 2.32. The molecule has 1 aromatic rings. The summed E-state index contributed by atoms with van der Waals surface area (Å²) in [6.07, 6.45) is 2.10. The van der Waals surface area contributed by atoms with Gasteiger partial charge in [0.25, 0.3) is 0 Å². The van der Waals surface area contributed by atoms with Crippen LogP contribution in [-0.2, 0) is 17.8 Å². The van der Waals surface area contributed by atoms with Gasteiger partial charge < -0.3 is 14.3 Å². The molecule has 1 aromatic heterocycles. The molecule has 0 radical (unpaired) electrons. The van der Waals surface area contributed by atoms with Gasteiger partial charge >= 0.3 is 0 Å². The predicted octanol–water partition coefficient (Wildman–Crippen LogP) is 0.356. The monoisotopic (exact) mass is 157 g/mol. The van der Waals surface area contributed by atoms with Crippen molar-refractivity contribution in [2.24, 2.45) is 0 Å². The summed E-state index contributed by atoms with van der Waals surface area (Å²) < 4.78 is 9.83. The molecule has 62 valence electrons. The van der Waals surface area contributed by atoms with Gasteiger partial charge in [0.05, 0.1) is 13.2 Å². The number of hydrogen-bond donors (Lipinski definition) is 1. The van der Waals surface area contributed by atoms with Crippen LogP contribution in [0.1, 0.15) is 11.6 Å². The van der Waals surface area contributed by atoms with E-state index in [0.29, 0.717) is 24.6 Å². The normalized spacial score (nSPS) is 10.4. The van der Waals surface area contributed by atoms with Crippen LogP contribution in [0.4, 0.5) is 0 Å². The van der Waals surface area contributed by atoms with Crippen molar-refractivity contribution in [3.05, 3.63) is 17.8 Å². The summed E-state index contributed by atoms with van der Waals surface area (Å²) in [7, 11) is 1.62. The standard InChI is InChI=1S/C7H11NO3/c1-10-3-2-7-8-6(4-9)5-11-7/h5,9H,2-4H2,1H3. The molecule has 0 aliphatic carbocycles. The number of aliphatic hydroxyl groups excluding tert-OH is 1. The van der Waals surface area contributed by atoms with Crippen molar-refractivity contribution in [3.8, 4) is 0 Å². The van der Waals surface area contributed by atoms with Crippen LogP contribution in [0.15, 0.2) is 10.7 Å². The fraction of sp³-hybridized carbons (Fsp3) is 0.571. The van der Waals surface area contributed by atoms with Crippen molar-refractivity contribution >= 4 is 0 Å². The minimum absolute atomic E-state index is 0.0729. The Bertz CT molecular complexity index is 209. The zero-order valence-corrected chi connectivity index (χ0v) is 6.41. The first kappa shape index (κ1) is 8.23. The zero-order chi connectivity index (χ0) is 8.10. The van der Waals surface area contributed by atoms with E-state index in [1.165, 1.54) is 6.26 Å². The van der Waals surface area contributed by atoms with Crippen LogP contribution in [0, 0.1) is 0 Å². The van der Waals surface area contributed by atoms with Gasteiger partial charge in [0.1, 0.15) is 12.0 Å². The van der Waals surface area contributed by atoms with E-state index in [1.54, 1.807) is 7.11 Å². The Hall–Kier alpha value is -0.870. The summed E-state index contributed by atoms with van der Waals surface area (Å²) in [5.74, 6) is 0.607. The number of nitrogens with zero attached hydrogens (tertiary/aromatic N) is 1. The molecule has 0 aromatic carbocycles. The number of aliphatic hydroxyl groups is 1. The highest BCUT2D eigenvalue weighted by atomic mass is 16.5. The maximum atomic E-state index is 8.62. The SMILES string of the molecule is COCCc1nc(CO)co1. The summed E-state index contributed by atoms with van der Waals surface area (Å²) >= 11 is 0. The van der Waals surface area contributed by atoms with Gasteiger partial charge in [-0.1, -0.05) is 0 Å². The van der Waals surface area contributed by atoms with Crippen molar-refractivity contribution in [3.63, 3.8) is 0 Å². The highest BCUT2D eigenvalue weighted by molar-refractivity contribution is 4.94. The molecule has 0 saturated heterocycles. The fourth-order valence-corrected chi connectivity index (χ4v) is 0.726. The van der Waals surface area contributed by atoms with Crippen molar-refractivity contribution < 1.29 is 14.3 Å². The number of rotatable bonds is 4. The van der Waals surface area contributed by atoms with Gasteiger partial charge in [-0.05, 0) is 0 Å². The van der Waals surface area contributed by atoms with Crippen molar-refractivity contribution in [1.29, 1.82) is 0 Å². The maximum absolute atomic E-state index is 8.62. The second kappa shape index (κ2) is 4.10. The van der Waals surface area contributed by atoms with Gasteiger partial charge in [-0.25, -0.2) is 4.98 Å². The third-order valence-electron chi connectivity index (χ3n) is 1.28. The lowest BCUT2D eigenvalue weighted by Crippen LogP contribution is -1.94. The maximum Gasteiger partial charge on any atom is 0.196 e. The molecule has 1 N–H and O–H groups in total. The molecular formula is C7H11NO3. The van der Waals surface area contributed by atoms with Crippen molar-refractivity contribution in [2.45, 2.75) is 13.0 Å². The van der Waals surface area contributed by atoms with Crippen LogP contribution in [0.3, 0.4) is 0 Å². The molecular weight excluding hydrogens is 146 g/mol. The highest BCUT2D eigenvalue weighted by Crippen LogP contribution is 2.01. The lowest BCUT2D eigenvalue weighted by Gasteiger charge is -1.91. The molecule has 4 heteroatoms. The fourth-order valence-electron chi connectivity index (χ4n) is 0.726. The summed E-state index contributed by atoms with van der Waals surface area (Å²) in [6, 6.07) is 0. The minimum Gasteiger partial charge on any atom is -0.449 e. The molecule has 0 saturated carbocycles. The van der Waals surface area contributed by atoms with Crippen LogP contribution < -0.4 is 0 Å². The Labute approximate surface area is 64.8 Å². The molecule has 4 nitrogen and oxygen atoms in total. The van der Waals surface area contributed by atoms with Gasteiger partial charge in [-0.15, -0.1) is 0 Å². The molecule has 11 heavy (non-hydrogen) atoms. The van der Waals surface area contributed by atoms with E-state index < -0.39 is 0 Å². The molecule has 0 aliphatic heterocycles. The van der Waals surface area contributed by atoms with Gasteiger partial charge in [-0.2, -0.15) is 0 Å². The lowest BCUT2D eigenvalue weighted by atomic mass is 10.4. The molecule has 1 rings (SSSR count). The van der Waals surface area contributed by atoms with E-state index in [2.05, 4.69) is 4.98 Å². The summed E-state index contributed by atoms with van der Waals surface area (Å²) in [5.41, 5.74) is 0.566. The number of aromatic nitrogens is 1. The van der Waals surface area contributed by atoms with Gasteiger partial charge in [0.15, 0.2) is 5.89 Å². The Balaban J connectivity index is 2.44. The number of ether oxygens (including phenoxy) is 1. The Morgan fingerprint density at radius 3 is 3.09 bits per heavy atom. The smallest absolute Gasteiger partial charge is 0.196 e. The van der Waals surface area contributed by atoms with E-state index in [-0.39, 0.29) is 6.61 Å². The van der Waals surface area contributed by atoms with E-state index >= 15 is 0 Å². The molecule has 0 fully saturated rings. The largest absolute Gasteiger partial charge is 0.449 e. The van der Waals surface area contributed by atoms with E-state index in [1.807, 2.05) is 0 Å². The third-order valence-corrected chi connectivity index (χ3v) is 1.28. The van der Waals surface area contributed by atoms with Gasteiger partial charge in [-0.3, -0.25) is 0 Å². The molecule has 0 atom stereocenters. The minimum atomic E-state index is -0.0729. The zero-order valence-electron chi connectivity index (χ0n) is 6.41. The van der Waals surface area contributed by atoms with Gasteiger partial charge in [0, 0.05) is 13.5 Å². The van der Waals surface area contributed by atoms with E-state index in [9.17, 15) is 0 Å². The summed E-state index contributed by atoms with van der Waals surface area (Å²) in [6.45, 7) is 0.516. The first-order valence-corrected chi connectivity index (χ1v) is 3.40. The van der Waals surface area contributed by atoms with Crippen molar-refractivity contribution in [2.75, 3.05) is 13.7 Å². The number of oxazole rings is 1. The highest BCUT2D eigenvalue weighted by Gasteiger charge is 2.01. The van der Waals surface area contributed by atoms with Crippen LogP contribution in [0.5, 0.6) is 0 Å². The molecule has 1 heterocycles. The van der Waals surface area contributed by atoms with E-state index in [0.717, 1.165) is 0 Å². The van der Waals surface area contributed by atoms with Crippen molar-refractivity contribution in [1.82, 2.24) is 4.98 Å². The van der Waals surface area contributed by atoms with Crippen LogP contribution >= 0.6 is 0 Å². The van der Waals surface area contributed by atoms with E-state index in [4.69, 9.17) is 14.3 Å². The first-order chi connectivity index (χ1) is 5.36. The number of hydrogen-bond acceptors (Lipinski definition) is 4. The molecule has 0 spiro atoms. The number of methoxy groups -OCH3 is 1. The molecule has 0 bridgehead atoms. The van der Waals surface area contributed by atoms with Gasteiger partial charge in [0.2, 0.25) is 0 Å². The summed E-state index contributed by atoms with van der Waals surface area (Å²) in [4.78, 5) is 3.97. The average molecular weight is 157 g/mol. The first-order valence-electron chi connectivity index (χ1n) is 3.40.